The van der Waals surface area contributed by atoms with Crippen LogP contribution in [0.4, 0.5) is 0 Å². The minimum atomic E-state index is 0.406. The van der Waals surface area contributed by atoms with Crippen molar-refractivity contribution in [1.82, 2.24) is 4.90 Å². The highest BCUT2D eigenvalue weighted by Gasteiger charge is 2.43. The number of benzene rings is 1. The molecule has 20 heavy (non-hydrogen) atoms. The Morgan fingerprint density at radius 3 is 2.50 bits per heavy atom. The van der Waals surface area contributed by atoms with Crippen LogP contribution in [-0.4, -0.2) is 24.0 Å². The van der Waals surface area contributed by atoms with Crippen molar-refractivity contribution >= 4 is 0 Å². The van der Waals surface area contributed by atoms with Crippen LogP contribution in [0, 0.1) is 5.41 Å². The first-order chi connectivity index (χ1) is 9.84. The topological polar surface area (TPSA) is 29.3 Å². The lowest BCUT2D eigenvalue weighted by molar-refractivity contribution is 0.0588. The summed E-state index contributed by atoms with van der Waals surface area (Å²) in [4.78, 5) is 2.72. The quantitative estimate of drug-likeness (QED) is 0.908. The molecule has 1 atom stereocenters. The van der Waals surface area contributed by atoms with Crippen molar-refractivity contribution in [2.75, 3.05) is 13.1 Å². The first-order valence-corrected chi connectivity index (χ1v) is 8.32. The van der Waals surface area contributed by atoms with Gasteiger partial charge in [-0.25, -0.2) is 0 Å². The average Bonchev–Trinajstić information content (AvgIpc) is 2.98. The van der Waals surface area contributed by atoms with Crippen molar-refractivity contribution in [2.45, 2.75) is 57.5 Å². The Morgan fingerprint density at radius 2 is 1.80 bits per heavy atom. The fourth-order valence-corrected chi connectivity index (χ4v) is 4.46. The molecular formula is C18H28N2. The minimum absolute atomic E-state index is 0.406. The van der Waals surface area contributed by atoms with E-state index in [1.165, 1.54) is 57.1 Å². The van der Waals surface area contributed by atoms with Gasteiger partial charge in [0, 0.05) is 12.6 Å². The maximum atomic E-state index is 6.25. The summed E-state index contributed by atoms with van der Waals surface area (Å²) in [6.07, 6.45) is 9.56. The van der Waals surface area contributed by atoms with E-state index in [4.69, 9.17) is 5.73 Å². The maximum Gasteiger partial charge on any atom is 0.0236 e. The van der Waals surface area contributed by atoms with Gasteiger partial charge >= 0.3 is 0 Å². The summed E-state index contributed by atoms with van der Waals surface area (Å²) in [6, 6.07) is 11.6. The molecule has 1 aliphatic carbocycles. The molecule has 1 aliphatic heterocycles. The minimum Gasteiger partial charge on any atom is -0.330 e. The molecule has 0 spiro atoms. The summed E-state index contributed by atoms with van der Waals surface area (Å²) in [6.45, 7) is 3.23. The average molecular weight is 272 g/mol. The van der Waals surface area contributed by atoms with Crippen LogP contribution >= 0.6 is 0 Å². The lowest BCUT2D eigenvalue weighted by atomic mass is 9.68. The van der Waals surface area contributed by atoms with E-state index in [1.54, 1.807) is 0 Å². The second-order valence-electron chi connectivity index (χ2n) is 6.74. The van der Waals surface area contributed by atoms with Gasteiger partial charge in [0.15, 0.2) is 0 Å². The lowest BCUT2D eigenvalue weighted by Crippen LogP contribution is -2.49. The van der Waals surface area contributed by atoms with E-state index in [0.29, 0.717) is 11.5 Å². The van der Waals surface area contributed by atoms with Gasteiger partial charge in [-0.15, -0.1) is 0 Å². The largest absolute Gasteiger partial charge is 0.330 e. The van der Waals surface area contributed by atoms with Gasteiger partial charge in [0.25, 0.3) is 0 Å². The molecule has 1 saturated heterocycles. The van der Waals surface area contributed by atoms with E-state index in [1.807, 2.05) is 0 Å². The maximum absolute atomic E-state index is 6.25. The van der Waals surface area contributed by atoms with Crippen molar-refractivity contribution in [1.29, 1.82) is 0 Å². The highest BCUT2D eigenvalue weighted by molar-refractivity contribution is 5.15. The van der Waals surface area contributed by atoms with Crippen molar-refractivity contribution in [3.8, 4) is 0 Å². The molecule has 1 heterocycles. The molecule has 0 bridgehead atoms. The number of nitrogens with two attached hydrogens (primary N) is 1. The molecule has 2 N–H and O–H groups in total. The summed E-state index contributed by atoms with van der Waals surface area (Å²) in [5.74, 6) is 0. The molecule has 2 nitrogen and oxygen atoms in total. The monoisotopic (exact) mass is 272 g/mol. The molecule has 1 aromatic rings. The van der Waals surface area contributed by atoms with Crippen LogP contribution in [0.1, 0.15) is 50.5 Å². The molecule has 0 aromatic heterocycles. The van der Waals surface area contributed by atoms with E-state index in [9.17, 15) is 0 Å². The van der Waals surface area contributed by atoms with Gasteiger partial charge < -0.3 is 5.73 Å². The first kappa shape index (κ1) is 14.1. The van der Waals surface area contributed by atoms with E-state index in [-0.39, 0.29) is 0 Å². The van der Waals surface area contributed by atoms with E-state index < -0.39 is 0 Å². The predicted molar refractivity (Wildman–Crippen MR) is 84.4 cm³/mol. The summed E-state index contributed by atoms with van der Waals surface area (Å²) < 4.78 is 0. The van der Waals surface area contributed by atoms with Crippen molar-refractivity contribution in [3.05, 3.63) is 35.9 Å². The zero-order valence-corrected chi connectivity index (χ0v) is 12.6. The fraction of sp³-hybridized carbons (Fsp3) is 0.667. The zero-order chi connectivity index (χ0) is 13.8. The van der Waals surface area contributed by atoms with Crippen LogP contribution in [0.5, 0.6) is 0 Å². The van der Waals surface area contributed by atoms with E-state index in [2.05, 4.69) is 35.2 Å². The smallest absolute Gasteiger partial charge is 0.0236 e. The van der Waals surface area contributed by atoms with Gasteiger partial charge in [-0.1, -0.05) is 49.6 Å². The van der Waals surface area contributed by atoms with Gasteiger partial charge in [-0.2, -0.15) is 0 Å². The summed E-state index contributed by atoms with van der Waals surface area (Å²) in [5, 5.41) is 0. The standard InChI is InChI=1S/C18H28N2/c19-15-18(11-5-2-6-12-18)17-10-7-13-20(17)14-16-8-3-1-4-9-16/h1,3-4,8-9,17H,2,5-7,10-15,19H2. The first-order valence-electron chi connectivity index (χ1n) is 8.32. The molecule has 2 aliphatic rings. The molecule has 1 saturated carbocycles. The third-order valence-corrected chi connectivity index (χ3v) is 5.55. The van der Waals surface area contributed by atoms with Crippen molar-refractivity contribution in [2.24, 2.45) is 11.1 Å². The third kappa shape index (κ3) is 2.77. The normalized spacial score (nSPS) is 26.8. The molecule has 0 radical (unpaired) electrons. The molecule has 3 rings (SSSR count). The molecule has 110 valence electrons. The SMILES string of the molecule is NCC1(C2CCCN2Cc2ccccc2)CCCCC1. The molecule has 0 amide bonds. The second-order valence-corrected chi connectivity index (χ2v) is 6.74. The Labute approximate surface area is 123 Å². The van der Waals surface area contributed by atoms with Gasteiger partial charge in [-0.05, 0) is 49.8 Å². The van der Waals surface area contributed by atoms with Crippen LogP contribution in [0.2, 0.25) is 0 Å². The number of hydrogen-bond acceptors (Lipinski definition) is 2. The number of rotatable bonds is 4. The van der Waals surface area contributed by atoms with E-state index in [0.717, 1.165) is 13.1 Å². The molecule has 1 unspecified atom stereocenters. The van der Waals surface area contributed by atoms with Crippen LogP contribution < -0.4 is 5.73 Å². The second kappa shape index (κ2) is 6.28. The highest BCUT2D eigenvalue weighted by Crippen LogP contribution is 2.44. The fourth-order valence-electron chi connectivity index (χ4n) is 4.46. The highest BCUT2D eigenvalue weighted by atomic mass is 15.2. The Balaban J connectivity index is 1.74. The Kier molecular flexibility index (Phi) is 4.42. The van der Waals surface area contributed by atoms with E-state index >= 15 is 0 Å². The van der Waals surface area contributed by atoms with Crippen LogP contribution in [0.15, 0.2) is 30.3 Å². The number of hydrogen-bond donors (Lipinski definition) is 1. The van der Waals surface area contributed by atoms with Gasteiger partial charge in [0.05, 0.1) is 0 Å². The Bertz CT molecular complexity index is 409. The third-order valence-electron chi connectivity index (χ3n) is 5.55. The molecular weight excluding hydrogens is 244 g/mol. The zero-order valence-electron chi connectivity index (χ0n) is 12.6. The molecule has 2 fully saturated rings. The van der Waals surface area contributed by atoms with Crippen LogP contribution in [0.25, 0.3) is 0 Å². The van der Waals surface area contributed by atoms with Crippen molar-refractivity contribution < 1.29 is 0 Å². The summed E-state index contributed by atoms with van der Waals surface area (Å²) >= 11 is 0. The predicted octanol–water partition coefficient (Wildman–Crippen LogP) is 3.56. The van der Waals surface area contributed by atoms with Crippen LogP contribution in [-0.2, 0) is 6.54 Å². The van der Waals surface area contributed by atoms with Gasteiger partial charge in [0.1, 0.15) is 0 Å². The molecule has 1 aromatic carbocycles. The lowest BCUT2D eigenvalue weighted by Gasteiger charge is -2.45. The Hall–Kier alpha value is -0.860. The van der Waals surface area contributed by atoms with Gasteiger partial charge in [-0.3, -0.25) is 4.90 Å². The molecule has 2 heteroatoms. The van der Waals surface area contributed by atoms with Crippen molar-refractivity contribution in [3.63, 3.8) is 0 Å². The van der Waals surface area contributed by atoms with Crippen LogP contribution in [0.3, 0.4) is 0 Å². The summed E-state index contributed by atoms with van der Waals surface area (Å²) in [7, 11) is 0. The Morgan fingerprint density at radius 1 is 1.05 bits per heavy atom. The van der Waals surface area contributed by atoms with Gasteiger partial charge in [0.2, 0.25) is 0 Å². The number of nitrogens with zero attached hydrogens (tertiary/aromatic N) is 1. The number of likely N-dealkylation sites (tertiary alicyclic amines) is 1. The summed E-state index contributed by atoms with van der Waals surface area (Å²) in [5.41, 5.74) is 8.10.